The van der Waals surface area contributed by atoms with Crippen molar-refractivity contribution in [2.75, 3.05) is 0 Å². The van der Waals surface area contributed by atoms with E-state index in [9.17, 15) is 5.11 Å². The number of benzene rings is 2. The molecule has 20 heavy (non-hydrogen) atoms. The molecule has 2 aromatic rings. The van der Waals surface area contributed by atoms with Crippen molar-refractivity contribution >= 4 is 0 Å². The Labute approximate surface area is 120 Å². The minimum absolute atomic E-state index is 0.706. The van der Waals surface area contributed by atoms with Crippen LogP contribution in [0.25, 0.3) is 0 Å². The molecule has 1 heteroatoms. The fourth-order valence-electron chi connectivity index (χ4n) is 2.87. The molecule has 1 fully saturated rings. The topological polar surface area (TPSA) is 20.2 Å². The molecule has 1 aliphatic carbocycles. The van der Waals surface area contributed by atoms with Gasteiger partial charge in [-0.1, -0.05) is 74.2 Å². The first kappa shape index (κ1) is 13.1. The van der Waals surface area contributed by atoms with Crippen molar-refractivity contribution in [2.24, 2.45) is 5.92 Å². The van der Waals surface area contributed by atoms with Gasteiger partial charge in [-0.25, -0.2) is 0 Å². The Morgan fingerprint density at radius 1 is 1.05 bits per heavy atom. The van der Waals surface area contributed by atoms with Gasteiger partial charge < -0.3 is 5.11 Å². The van der Waals surface area contributed by atoms with Crippen LogP contribution in [-0.4, -0.2) is 5.11 Å². The molecule has 0 aliphatic heterocycles. The first-order valence-electron chi connectivity index (χ1n) is 7.17. The Hall–Kier alpha value is -1.86. The van der Waals surface area contributed by atoms with Gasteiger partial charge in [0, 0.05) is 0 Å². The van der Waals surface area contributed by atoms with Crippen LogP contribution in [0.1, 0.15) is 36.0 Å². The van der Waals surface area contributed by atoms with E-state index in [0.717, 1.165) is 17.0 Å². The molecule has 0 radical (unpaired) electrons. The molecule has 0 saturated heterocycles. The summed E-state index contributed by atoms with van der Waals surface area (Å²) in [7, 11) is 0. The van der Waals surface area contributed by atoms with E-state index in [1.807, 2.05) is 42.5 Å². The summed E-state index contributed by atoms with van der Waals surface area (Å²) < 4.78 is 0. The molecule has 0 aromatic heterocycles. The van der Waals surface area contributed by atoms with Gasteiger partial charge in [0.2, 0.25) is 0 Å². The predicted molar refractivity (Wildman–Crippen MR) is 82.6 cm³/mol. The van der Waals surface area contributed by atoms with Gasteiger partial charge in [-0.15, -0.1) is 0 Å². The lowest BCUT2D eigenvalue weighted by atomic mass is 9.86. The minimum atomic E-state index is -1.12. The maximum atomic E-state index is 10.9. The summed E-state index contributed by atoms with van der Waals surface area (Å²) in [6, 6.07) is 18.0. The van der Waals surface area contributed by atoms with Crippen molar-refractivity contribution in [2.45, 2.75) is 24.9 Å². The standard InChI is InChI=1S/C19H20O/c1-3-19(20,16-7-5-4-6-8-16)17-11-9-15(10-12-17)18-13-14(18)2/h3-12,14,18,20H,1,13H2,2H3. The first-order chi connectivity index (χ1) is 9.65. The Morgan fingerprint density at radius 2 is 1.60 bits per heavy atom. The van der Waals surface area contributed by atoms with Crippen molar-refractivity contribution < 1.29 is 5.11 Å². The largest absolute Gasteiger partial charge is 0.377 e. The highest BCUT2D eigenvalue weighted by atomic mass is 16.3. The van der Waals surface area contributed by atoms with Gasteiger partial charge in [-0.3, -0.25) is 0 Å². The van der Waals surface area contributed by atoms with Crippen LogP contribution in [0, 0.1) is 5.92 Å². The van der Waals surface area contributed by atoms with E-state index in [1.165, 1.54) is 12.0 Å². The third kappa shape index (κ3) is 2.19. The van der Waals surface area contributed by atoms with Crippen molar-refractivity contribution in [3.05, 3.63) is 83.9 Å². The van der Waals surface area contributed by atoms with Crippen LogP contribution in [0.4, 0.5) is 0 Å². The van der Waals surface area contributed by atoms with Gasteiger partial charge >= 0.3 is 0 Å². The summed E-state index contributed by atoms with van der Waals surface area (Å²) in [6.07, 6.45) is 2.89. The van der Waals surface area contributed by atoms with E-state index in [2.05, 4.69) is 25.6 Å². The Morgan fingerprint density at radius 3 is 2.10 bits per heavy atom. The van der Waals surface area contributed by atoms with Crippen LogP contribution in [0.2, 0.25) is 0 Å². The Bertz CT molecular complexity index is 599. The average Bonchev–Trinajstić information content (AvgIpc) is 3.24. The summed E-state index contributed by atoms with van der Waals surface area (Å²) in [6.45, 7) is 6.10. The number of hydrogen-bond acceptors (Lipinski definition) is 1. The molecule has 0 spiro atoms. The molecule has 102 valence electrons. The molecule has 1 aliphatic rings. The Kier molecular flexibility index (Phi) is 3.23. The highest BCUT2D eigenvalue weighted by Gasteiger charge is 2.34. The van der Waals surface area contributed by atoms with Crippen molar-refractivity contribution in [1.29, 1.82) is 0 Å². The third-order valence-electron chi connectivity index (χ3n) is 4.40. The quantitative estimate of drug-likeness (QED) is 0.819. The van der Waals surface area contributed by atoms with Gasteiger partial charge in [-0.05, 0) is 34.9 Å². The second-order valence-electron chi connectivity index (χ2n) is 5.78. The molecule has 2 aromatic carbocycles. The van der Waals surface area contributed by atoms with Crippen LogP contribution in [-0.2, 0) is 5.60 Å². The van der Waals surface area contributed by atoms with Crippen LogP contribution >= 0.6 is 0 Å². The molecular formula is C19H20O. The molecule has 0 heterocycles. The molecule has 1 nitrogen and oxygen atoms in total. The van der Waals surface area contributed by atoms with Crippen LogP contribution in [0.5, 0.6) is 0 Å². The fraction of sp³-hybridized carbons (Fsp3) is 0.263. The lowest BCUT2D eigenvalue weighted by Gasteiger charge is -2.25. The summed E-state index contributed by atoms with van der Waals surface area (Å²) in [5.41, 5.74) is 1.98. The van der Waals surface area contributed by atoms with Gasteiger partial charge in [0.05, 0.1) is 0 Å². The first-order valence-corrected chi connectivity index (χ1v) is 7.17. The monoisotopic (exact) mass is 264 g/mol. The highest BCUT2D eigenvalue weighted by Crippen LogP contribution is 2.47. The smallest absolute Gasteiger partial charge is 0.133 e. The zero-order valence-electron chi connectivity index (χ0n) is 11.8. The number of rotatable bonds is 4. The molecule has 3 rings (SSSR count). The van der Waals surface area contributed by atoms with Gasteiger partial charge in [0.25, 0.3) is 0 Å². The van der Waals surface area contributed by atoms with Crippen molar-refractivity contribution in [3.63, 3.8) is 0 Å². The van der Waals surface area contributed by atoms with Crippen LogP contribution in [0.15, 0.2) is 67.3 Å². The summed E-state index contributed by atoms with van der Waals surface area (Å²) in [5, 5.41) is 10.9. The van der Waals surface area contributed by atoms with E-state index in [1.54, 1.807) is 6.08 Å². The number of hydrogen-bond donors (Lipinski definition) is 1. The second-order valence-corrected chi connectivity index (χ2v) is 5.78. The van der Waals surface area contributed by atoms with Gasteiger partial charge in [0.15, 0.2) is 0 Å². The highest BCUT2D eigenvalue weighted by molar-refractivity contribution is 5.42. The summed E-state index contributed by atoms with van der Waals surface area (Å²) in [5.74, 6) is 1.51. The van der Waals surface area contributed by atoms with E-state index >= 15 is 0 Å². The molecular weight excluding hydrogens is 244 g/mol. The molecule has 0 bridgehead atoms. The molecule has 3 unspecified atom stereocenters. The second kappa shape index (κ2) is 4.92. The maximum absolute atomic E-state index is 10.9. The van der Waals surface area contributed by atoms with Crippen molar-refractivity contribution in [1.82, 2.24) is 0 Å². The zero-order chi connectivity index (χ0) is 14.2. The normalized spacial score (nSPS) is 23.9. The summed E-state index contributed by atoms with van der Waals surface area (Å²) >= 11 is 0. The van der Waals surface area contributed by atoms with Gasteiger partial charge in [0.1, 0.15) is 5.60 Å². The lowest BCUT2D eigenvalue weighted by Crippen LogP contribution is -2.24. The third-order valence-corrected chi connectivity index (χ3v) is 4.40. The molecule has 1 saturated carbocycles. The van der Waals surface area contributed by atoms with E-state index in [4.69, 9.17) is 0 Å². The maximum Gasteiger partial charge on any atom is 0.133 e. The van der Waals surface area contributed by atoms with E-state index < -0.39 is 5.60 Å². The van der Waals surface area contributed by atoms with E-state index in [0.29, 0.717) is 5.92 Å². The summed E-state index contributed by atoms with van der Waals surface area (Å²) in [4.78, 5) is 0. The molecule has 1 N–H and O–H groups in total. The number of aliphatic hydroxyl groups is 1. The molecule has 3 atom stereocenters. The van der Waals surface area contributed by atoms with Crippen molar-refractivity contribution in [3.8, 4) is 0 Å². The minimum Gasteiger partial charge on any atom is -0.377 e. The van der Waals surface area contributed by atoms with Gasteiger partial charge in [-0.2, -0.15) is 0 Å². The van der Waals surface area contributed by atoms with E-state index in [-0.39, 0.29) is 0 Å². The molecule has 0 amide bonds. The lowest BCUT2D eigenvalue weighted by molar-refractivity contribution is 0.135. The Balaban J connectivity index is 1.95. The predicted octanol–water partition coefficient (Wildman–Crippen LogP) is 4.23. The average molecular weight is 264 g/mol. The van der Waals surface area contributed by atoms with Crippen LogP contribution < -0.4 is 0 Å². The van der Waals surface area contributed by atoms with Crippen LogP contribution in [0.3, 0.4) is 0 Å². The zero-order valence-corrected chi connectivity index (χ0v) is 11.8. The fourth-order valence-corrected chi connectivity index (χ4v) is 2.87. The SMILES string of the molecule is C=CC(O)(c1ccccc1)c1ccc(C2CC2C)cc1.